The molecule has 2 aromatic carbocycles. The van der Waals surface area contributed by atoms with Gasteiger partial charge in [-0.15, -0.1) is 0 Å². The van der Waals surface area contributed by atoms with Gasteiger partial charge in [-0.2, -0.15) is 0 Å². The maximum atomic E-state index is 12.7. The van der Waals surface area contributed by atoms with Gasteiger partial charge in [0.15, 0.2) is 0 Å². The molecule has 5 heteroatoms. The fourth-order valence-corrected chi connectivity index (χ4v) is 4.59. The fourth-order valence-electron chi connectivity index (χ4n) is 4.59. The number of nitrogens with one attached hydrogen (secondary N) is 1. The van der Waals surface area contributed by atoms with Gasteiger partial charge in [-0.1, -0.05) is 46.8 Å². The molecule has 0 radical (unpaired) electrons. The Bertz CT molecular complexity index is 1050. The molecule has 2 aromatic rings. The van der Waals surface area contributed by atoms with Crippen LogP contribution in [0.25, 0.3) is 0 Å². The van der Waals surface area contributed by atoms with Gasteiger partial charge in [-0.3, -0.25) is 4.79 Å². The highest BCUT2D eigenvalue weighted by molar-refractivity contribution is 5.93. The van der Waals surface area contributed by atoms with Crippen LogP contribution in [0, 0.1) is 26.2 Å². The Morgan fingerprint density at radius 2 is 1.82 bits per heavy atom. The third kappa shape index (κ3) is 5.75. The number of rotatable bonds is 8. The van der Waals surface area contributed by atoms with Gasteiger partial charge in [0.25, 0.3) is 0 Å². The molecule has 1 aliphatic heterocycles. The lowest BCUT2D eigenvalue weighted by Gasteiger charge is -2.21. The quantitative estimate of drug-likeness (QED) is 0.433. The van der Waals surface area contributed by atoms with E-state index in [1.807, 2.05) is 0 Å². The third-order valence-corrected chi connectivity index (χ3v) is 6.56. The standard InChI is InChI=1S/C29H41NO4/c1-17(2)22-11-10-21(14-25(22)33-13-12-32-9)24-15-23-20(5)27(18(3)19(4)28(23)34-24)30-26(31)16-29(6,7)8/h10-11,14,17,24H,12-13,15-16H2,1-9H3,(H,30,31). The maximum Gasteiger partial charge on any atom is 0.224 e. The molecule has 34 heavy (non-hydrogen) atoms. The number of methoxy groups -OCH3 is 1. The highest BCUT2D eigenvalue weighted by atomic mass is 16.5. The van der Waals surface area contributed by atoms with Gasteiger partial charge in [-0.25, -0.2) is 0 Å². The van der Waals surface area contributed by atoms with Gasteiger partial charge in [0.05, 0.1) is 6.61 Å². The minimum Gasteiger partial charge on any atom is -0.491 e. The molecule has 0 spiro atoms. The average Bonchev–Trinajstić information content (AvgIpc) is 3.20. The molecular formula is C29H41NO4. The third-order valence-electron chi connectivity index (χ3n) is 6.56. The summed E-state index contributed by atoms with van der Waals surface area (Å²) < 4.78 is 17.7. The Labute approximate surface area is 205 Å². The van der Waals surface area contributed by atoms with Gasteiger partial charge < -0.3 is 19.5 Å². The van der Waals surface area contributed by atoms with Crippen LogP contribution < -0.4 is 14.8 Å². The van der Waals surface area contributed by atoms with E-state index in [1.165, 1.54) is 11.1 Å². The molecule has 1 heterocycles. The normalized spacial score (nSPS) is 15.3. The number of benzene rings is 2. The van der Waals surface area contributed by atoms with Crippen LogP contribution in [-0.4, -0.2) is 26.2 Å². The smallest absolute Gasteiger partial charge is 0.224 e. The van der Waals surface area contributed by atoms with Crippen LogP contribution in [0.15, 0.2) is 18.2 Å². The summed E-state index contributed by atoms with van der Waals surface area (Å²) in [5.41, 5.74) is 7.57. The maximum absolute atomic E-state index is 12.7. The predicted octanol–water partition coefficient (Wildman–Crippen LogP) is 6.81. The van der Waals surface area contributed by atoms with E-state index in [1.54, 1.807) is 7.11 Å². The molecule has 0 saturated heterocycles. The van der Waals surface area contributed by atoms with Crippen LogP contribution in [0.3, 0.4) is 0 Å². The lowest BCUT2D eigenvalue weighted by atomic mass is 9.91. The van der Waals surface area contributed by atoms with E-state index in [0.717, 1.165) is 45.9 Å². The molecule has 0 fully saturated rings. The first-order valence-electron chi connectivity index (χ1n) is 12.3. The first-order valence-corrected chi connectivity index (χ1v) is 12.3. The summed E-state index contributed by atoms with van der Waals surface area (Å²) in [6.07, 6.45) is 1.16. The van der Waals surface area contributed by atoms with Crippen LogP contribution in [-0.2, 0) is 16.0 Å². The summed E-state index contributed by atoms with van der Waals surface area (Å²) in [7, 11) is 1.68. The summed E-state index contributed by atoms with van der Waals surface area (Å²) in [5, 5.41) is 3.19. The van der Waals surface area contributed by atoms with E-state index < -0.39 is 0 Å². The molecule has 0 saturated carbocycles. The number of hydrogen-bond donors (Lipinski definition) is 1. The highest BCUT2D eigenvalue weighted by Crippen LogP contribution is 2.46. The Kier molecular flexibility index (Phi) is 7.97. The Balaban J connectivity index is 1.90. The Morgan fingerprint density at radius 1 is 1.12 bits per heavy atom. The minimum absolute atomic E-state index is 0.0515. The fraction of sp³-hybridized carbons (Fsp3) is 0.552. The molecule has 186 valence electrons. The topological polar surface area (TPSA) is 56.8 Å². The van der Waals surface area contributed by atoms with Crippen molar-refractivity contribution in [3.8, 4) is 11.5 Å². The zero-order valence-corrected chi connectivity index (χ0v) is 22.3. The number of amides is 1. The summed E-state index contributed by atoms with van der Waals surface area (Å²) >= 11 is 0. The first-order chi connectivity index (χ1) is 15.9. The summed E-state index contributed by atoms with van der Waals surface area (Å²) in [4.78, 5) is 12.7. The molecule has 1 N–H and O–H groups in total. The van der Waals surface area contributed by atoms with Crippen molar-refractivity contribution in [1.82, 2.24) is 0 Å². The van der Waals surface area contributed by atoms with Crippen molar-refractivity contribution in [3.63, 3.8) is 0 Å². The molecule has 0 bridgehead atoms. The van der Waals surface area contributed by atoms with Crippen molar-refractivity contribution in [3.05, 3.63) is 51.6 Å². The molecule has 1 unspecified atom stereocenters. The molecule has 1 amide bonds. The largest absolute Gasteiger partial charge is 0.491 e. The highest BCUT2D eigenvalue weighted by Gasteiger charge is 2.31. The van der Waals surface area contributed by atoms with Crippen molar-refractivity contribution in [2.24, 2.45) is 5.41 Å². The summed E-state index contributed by atoms with van der Waals surface area (Å²) in [6.45, 7) is 17.9. The minimum atomic E-state index is -0.0849. The van der Waals surface area contributed by atoms with Crippen molar-refractivity contribution < 1.29 is 19.0 Å². The van der Waals surface area contributed by atoms with Gasteiger partial charge in [0.2, 0.25) is 5.91 Å². The van der Waals surface area contributed by atoms with Gasteiger partial charge in [-0.05, 0) is 66.0 Å². The molecular weight excluding hydrogens is 426 g/mol. The lowest BCUT2D eigenvalue weighted by molar-refractivity contribution is -0.117. The first kappa shape index (κ1) is 26.1. The van der Waals surface area contributed by atoms with E-state index in [0.29, 0.717) is 25.6 Å². The van der Waals surface area contributed by atoms with Crippen molar-refractivity contribution >= 4 is 11.6 Å². The van der Waals surface area contributed by atoms with Gasteiger partial charge in [0, 0.05) is 31.2 Å². The van der Waals surface area contributed by atoms with E-state index >= 15 is 0 Å². The second-order valence-electron chi connectivity index (χ2n) is 10.9. The second kappa shape index (κ2) is 10.4. The average molecular weight is 468 g/mol. The summed E-state index contributed by atoms with van der Waals surface area (Å²) in [6, 6.07) is 6.42. The van der Waals surface area contributed by atoms with Gasteiger partial charge in [0.1, 0.15) is 24.2 Å². The van der Waals surface area contributed by atoms with Crippen molar-refractivity contribution in [2.45, 2.75) is 80.3 Å². The zero-order chi connectivity index (χ0) is 25.2. The van der Waals surface area contributed by atoms with Crippen LogP contribution in [0.4, 0.5) is 5.69 Å². The predicted molar refractivity (Wildman–Crippen MR) is 138 cm³/mol. The van der Waals surface area contributed by atoms with E-state index in [4.69, 9.17) is 14.2 Å². The van der Waals surface area contributed by atoms with Crippen molar-refractivity contribution in [2.75, 3.05) is 25.6 Å². The second-order valence-corrected chi connectivity index (χ2v) is 10.9. The molecule has 3 rings (SSSR count). The number of carbonyl (C=O) groups excluding carboxylic acids is 1. The summed E-state index contributed by atoms with van der Waals surface area (Å²) in [5.74, 6) is 2.25. The molecule has 1 aliphatic rings. The Hall–Kier alpha value is -2.53. The lowest BCUT2D eigenvalue weighted by Crippen LogP contribution is -2.21. The SMILES string of the molecule is COCCOc1cc(C2Cc3c(C)c(NC(=O)CC(C)(C)C)c(C)c(C)c3O2)ccc1C(C)C. The van der Waals surface area contributed by atoms with Gasteiger partial charge >= 0.3 is 0 Å². The number of anilines is 1. The van der Waals surface area contributed by atoms with Crippen LogP contribution in [0.5, 0.6) is 11.5 Å². The monoisotopic (exact) mass is 467 g/mol. The van der Waals surface area contributed by atoms with Crippen molar-refractivity contribution in [1.29, 1.82) is 0 Å². The molecule has 0 aliphatic carbocycles. The van der Waals surface area contributed by atoms with Crippen LogP contribution in [0.1, 0.15) is 86.4 Å². The Morgan fingerprint density at radius 3 is 2.44 bits per heavy atom. The van der Waals surface area contributed by atoms with E-state index in [-0.39, 0.29) is 17.4 Å². The van der Waals surface area contributed by atoms with Crippen LogP contribution >= 0.6 is 0 Å². The van der Waals surface area contributed by atoms with E-state index in [2.05, 4.69) is 78.9 Å². The molecule has 5 nitrogen and oxygen atoms in total. The van der Waals surface area contributed by atoms with Crippen LogP contribution in [0.2, 0.25) is 0 Å². The number of fused-ring (bicyclic) bond motifs is 1. The zero-order valence-electron chi connectivity index (χ0n) is 22.3. The molecule has 0 aromatic heterocycles. The molecule has 1 atom stereocenters. The van der Waals surface area contributed by atoms with E-state index in [9.17, 15) is 4.79 Å². The number of ether oxygens (including phenoxy) is 3. The number of hydrogen-bond acceptors (Lipinski definition) is 4. The number of carbonyl (C=O) groups is 1.